The van der Waals surface area contributed by atoms with Crippen LogP contribution in [0.4, 0.5) is 0 Å². The van der Waals surface area contributed by atoms with E-state index in [9.17, 15) is 0 Å². The van der Waals surface area contributed by atoms with Crippen molar-refractivity contribution in [1.29, 1.82) is 0 Å². The number of aliphatic imine (C=N–C) groups is 1. The Balaban J connectivity index is 0.00000280. The minimum Gasteiger partial charge on any atom is -0.376 e. The van der Waals surface area contributed by atoms with Crippen LogP contribution in [-0.2, 0) is 11.3 Å². The number of aromatic nitrogens is 1. The summed E-state index contributed by atoms with van der Waals surface area (Å²) in [6.45, 7) is 10.3. The third-order valence-electron chi connectivity index (χ3n) is 4.68. The first-order valence-corrected chi connectivity index (χ1v) is 10.7. The molecule has 0 bridgehead atoms. The maximum atomic E-state index is 5.73. The molecule has 2 aromatic heterocycles. The molecular weight excluding hydrogens is 485 g/mol. The van der Waals surface area contributed by atoms with E-state index in [4.69, 9.17) is 9.73 Å². The van der Waals surface area contributed by atoms with Gasteiger partial charge in [0, 0.05) is 50.0 Å². The molecule has 0 saturated carbocycles. The van der Waals surface area contributed by atoms with Crippen LogP contribution in [0.5, 0.6) is 0 Å². The number of ether oxygens (including phenoxy) is 1. The first-order chi connectivity index (χ1) is 13.3. The highest BCUT2D eigenvalue weighted by Gasteiger charge is 2.26. The molecule has 1 fully saturated rings. The summed E-state index contributed by atoms with van der Waals surface area (Å²) in [5, 5.41) is 8.96. The molecule has 1 aliphatic rings. The Kier molecular flexibility index (Phi) is 10.3. The molecule has 2 unspecified atom stereocenters. The number of nitrogens with one attached hydrogen (secondary N) is 2. The number of thiophene rings is 1. The van der Waals surface area contributed by atoms with Crippen molar-refractivity contribution < 1.29 is 4.74 Å². The SMILES string of the molecule is CCNC(=NCC(c1cccs1)N1CCOC(C)C1)NCCn1cccc1.I. The molecule has 3 heterocycles. The lowest BCUT2D eigenvalue weighted by atomic mass is 10.1. The minimum atomic E-state index is 0. The maximum absolute atomic E-state index is 5.73. The predicted molar refractivity (Wildman–Crippen MR) is 128 cm³/mol. The van der Waals surface area contributed by atoms with Gasteiger partial charge in [-0.15, -0.1) is 35.3 Å². The quantitative estimate of drug-likeness (QED) is 0.321. The van der Waals surface area contributed by atoms with E-state index in [-0.39, 0.29) is 30.1 Å². The molecule has 0 amide bonds. The normalized spacial score (nSPS) is 19.1. The van der Waals surface area contributed by atoms with Crippen molar-refractivity contribution in [3.8, 4) is 0 Å². The summed E-state index contributed by atoms with van der Waals surface area (Å²) in [4.78, 5) is 8.78. The number of hydrogen-bond acceptors (Lipinski definition) is 4. The lowest BCUT2D eigenvalue weighted by Crippen LogP contribution is -2.44. The van der Waals surface area contributed by atoms with Crippen molar-refractivity contribution in [2.24, 2.45) is 4.99 Å². The number of morpholine rings is 1. The van der Waals surface area contributed by atoms with Gasteiger partial charge >= 0.3 is 0 Å². The maximum Gasteiger partial charge on any atom is 0.191 e. The van der Waals surface area contributed by atoms with Crippen molar-refractivity contribution in [2.45, 2.75) is 32.5 Å². The first-order valence-electron chi connectivity index (χ1n) is 9.78. The monoisotopic (exact) mass is 517 g/mol. The van der Waals surface area contributed by atoms with E-state index in [1.165, 1.54) is 4.88 Å². The molecular formula is C20H32IN5OS. The topological polar surface area (TPSA) is 53.8 Å². The average molecular weight is 517 g/mol. The van der Waals surface area contributed by atoms with Crippen LogP contribution < -0.4 is 10.6 Å². The van der Waals surface area contributed by atoms with Crippen LogP contribution in [0.15, 0.2) is 47.0 Å². The first kappa shape index (κ1) is 23.2. The van der Waals surface area contributed by atoms with Crippen molar-refractivity contribution in [2.75, 3.05) is 39.3 Å². The summed E-state index contributed by atoms with van der Waals surface area (Å²) in [5.41, 5.74) is 0. The molecule has 1 aliphatic heterocycles. The summed E-state index contributed by atoms with van der Waals surface area (Å²) in [6.07, 6.45) is 4.44. The molecule has 6 nitrogen and oxygen atoms in total. The lowest BCUT2D eigenvalue weighted by molar-refractivity contribution is -0.0327. The van der Waals surface area contributed by atoms with Gasteiger partial charge in [-0.3, -0.25) is 9.89 Å². The highest BCUT2D eigenvalue weighted by molar-refractivity contribution is 14.0. The van der Waals surface area contributed by atoms with Crippen LogP contribution in [0.2, 0.25) is 0 Å². The molecule has 0 radical (unpaired) electrons. The molecule has 2 aromatic rings. The Morgan fingerprint density at radius 2 is 2.14 bits per heavy atom. The van der Waals surface area contributed by atoms with Crippen molar-refractivity contribution >= 4 is 41.3 Å². The minimum absolute atomic E-state index is 0. The Labute approximate surface area is 189 Å². The molecule has 156 valence electrons. The van der Waals surface area contributed by atoms with Crippen LogP contribution in [0.1, 0.15) is 24.8 Å². The standard InChI is InChI=1S/C20H31N5OS.HI/c1-3-21-20(22-8-11-24-9-4-5-10-24)23-15-18(19-7-6-14-27-19)25-12-13-26-17(2)16-25;/h4-7,9-10,14,17-18H,3,8,11-13,15-16H2,1-2H3,(H2,21,22,23);1H. The van der Waals surface area contributed by atoms with E-state index < -0.39 is 0 Å². The third kappa shape index (κ3) is 7.06. The van der Waals surface area contributed by atoms with Crippen molar-refractivity contribution in [3.05, 3.63) is 46.9 Å². The van der Waals surface area contributed by atoms with Gasteiger partial charge in [-0.2, -0.15) is 0 Å². The summed E-state index contributed by atoms with van der Waals surface area (Å²) < 4.78 is 7.89. The number of hydrogen-bond donors (Lipinski definition) is 2. The Morgan fingerprint density at radius 3 is 2.82 bits per heavy atom. The molecule has 0 spiro atoms. The molecule has 2 atom stereocenters. The largest absolute Gasteiger partial charge is 0.376 e. The average Bonchev–Trinajstić information content (AvgIpc) is 3.36. The number of nitrogens with zero attached hydrogens (tertiary/aromatic N) is 3. The zero-order chi connectivity index (χ0) is 18.9. The predicted octanol–water partition coefficient (Wildman–Crippen LogP) is 3.18. The molecule has 28 heavy (non-hydrogen) atoms. The summed E-state index contributed by atoms with van der Waals surface area (Å²) >= 11 is 1.81. The van der Waals surface area contributed by atoms with Crippen LogP contribution in [-0.4, -0.2) is 60.9 Å². The van der Waals surface area contributed by atoms with Gasteiger partial charge in [-0.25, -0.2) is 0 Å². The van der Waals surface area contributed by atoms with Crippen LogP contribution in [0.3, 0.4) is 0 Å². The van der Waals surface area contributed by atoms with Crippen LogP contribution in [0, 0.1) is 0 Å². The molecule has 2 N–H and O–H groups in total. The number of rotatable bonds is 8. The molecule has 0 aromatic carbocycles. The number of guanidine groups is 1. The highest BCUT2D eigenvalue weighted by atomic mass is 127. The van der Waals surface area contributed by atoms with Gasteiger partial charge in [0.15, 0.2) is 5.96 Å². The van der Waals surface area contributed by atoms with Gasteiger partial charge in [-0.1, -0.05) is 6.07 Å². The fraction of sp³-hybridized carbons (Fsp3) is 0.550. The fourth-order valence-electron chi connectivity index (χ4n) is 3.34. The van der Waals surface area contributed by atoms with E-state index in [1.807, 2.05) is 23.5 Å². The van der Waals surface area contributed by atoms with E-state index in [0.717, 1.165) is 51.8 Å². The van der Waals surface area contributed by atoms with E-state index in [2.05, 4.69) is 63.9 Å². The van der Waals surface area contributed by atoms with E-state index in [0.29, 0.717) is 6.04 Å². The van der Waals surface area contributed by atoms with Gasteiger partial charge < -0.3 is 19.9 Å². The van der Waals surface area contributed by atoms with E-state index in [1.54, 1.807) is 0 Å². The molecule has 0 aliphatic carbocycles. The smallest absolute Gasteiger partial charge is 0.191 e. The molecule has 1 saturated heterocycles. The number of halogens is 1. The van der Waals surface area contributed by atoms with Crippen molar-refractivity contribution in [3.63, 3.8) is 0 Å². The fourth-order valence-corrected chi connectivity index (χ4v) is 4.19. The highest BCUT2D eigenvalue weighted by Crippen LogP contribution is 2.27. The summed E-state index contributed by atoms with van der Waals surface area (Å²) in [5.74, 6) is 0.882. The van der Waals surface area contributed by atoms with E-state index >= 15 is 0 Å². The zero-order valence-electron chi connectivity index (χ0n) is 16.7. The summed E-state index contributed by atoms with van der Waals surface area (Å²) in [7, 11) is 0. The molecule has 8 heteroatoms. The van der Waals surface area contributed by atoms with Crippen LogP contribution >= 0.6 is 35.3 Å². The second-order valence-corrected chi connectivity index (χ2v) is 7.75. The van der Waals surface area contributed by atoms with Gasteiger partial charge in [0.2, 0.25) is 0 Å². The zero-order valence-corrected chi connectivity index (χ0v) is 19.9. The van der Waals surface area contributed by atoms with Gasteiger partial charge in [0.05, 0.1) is 25.3 Å². The Bertz CT molecular complexity index is 677. The van der Waals surface area contributed by atoms with Gasteiger partial charge in [-0.05, 0) is 37.4 Å². The molecule has 3 rings (SSSR count). The van der Waals surface area contributed by atoms with Gasteiger partial charge in [0.25, 0.3) is 0 Å². The Morgan fingerprint density at radius 1 is 1.32 bits per heavy atom. The second-order valence-electron chi connectivity index (χ2n) is 6.77. The Hall–Kier alpha value is -1.10. The summed E-state index contributed by atoms with van der Waals surface area (Å²) in [6, 6.07) is 8.75. The van der Waals surface area contributed by atoms with Gasteiger partial charge in [0.1, 0.15) is 0 Å². The second kappa shape index (κ2) is 12.5. The van der Waals surface area contributed by atoms with Crippen LogP contribution in [0.25, 0.3) is 0 Å². The third-order valence-corrected chi connectivity index (χ3v) is 5.65. The van der Waals surface area contributed by atoms with Crippen molar-refractivity contribution in [1.82, 2.24) is 20.1 Å². The lowest BCUT2D eigenvalue weighted by Gasteiger charge is -2.36.